The molecule has 6 heteroatoms. The Labute approximate surface area is 279 Å². The Morgan fingerprint density at radius 3 is 2.56 bits per heavy atom. The maximum absolute atomic E-state index is 8.91. The quantitative estimate of drug-likeness (QED) is 0.168. The van der Waals surface area contributed by atoms with E-state index in [0.29, 0.717) is 39.1 Å². The smallest absolute Gasteiger partial charge is 0.239 e. The predicted molar refractivity (Wildman–Crippen MR) is 177 cm³/mol. The fraction of sp³-hybridized carbons (Fsp3) is 0.231. The van der Waals surface area contributed by atoms with Gasteiger partial charge in [-0.3, -0.25) is 0 Å². The van der Waals surface area contributed by atoms with Gasteiger partial charge in [-0.15, -0.1) is 0 Å². The molecule has 5 nitrogen and oxygen atoms in total. The van der Waals surface area contributed by atoms with Gasteiger partial charge in [-0.1, -0.05) is 38.9 Å². The molecule has 0 saturated heterocycles. The number of benzene rings is 4. The first-order valence-corrected chi connectivity index (χ1v) is 16.4. The molecular formula is C39H34N4OPt-2. The molecule has 3 heterocycles. The van der Waals surface area contributed by atoms with E-state index in [-0.39, 0.29) is 35.6 Å². The average Bonchev–Trinajstić information content (AvgIpc) is 3.56. The van der Waals surface area contributed by atoms with Crippen LogP contribution in [0.1, 0.15) is 61.8 Å². The molecule has 1 atom stereocenters. The topological polar surface area (TPSA) is 36.9 Å². The molecule has 1 unspecified atom stereocenters. The summed E-state index contributed by atoms with van der Waals surface area (Å²) in [5.74, 6) is 1.59. The summed E-state index contributed by atoms with van der Waals surface area (Å²) in [6, 6.07) is 26.6. The van der Waals surface area contributed by atoms with Crippen molar-refractivity contribution in [2.75, 3.05) is 0 Å². The van der Waals surface area contributed by atoms with Gasteiger partial charge in [0.25, 0.3) is 0 Å². The number of para-hydroxylation sites is 3. The van der Waals surface area contributed by atoms with Gasteiger partial charge in [-0.25, -0.2) is 4.98 Å². The zero-order chi connectivity index (χ0) is 34.4. The van der Waals surface area contributed by atoms with Crippen LogP contribution in [0, 0.1) is 15.9 Å². The summed E-state index contributed by atoms with van der Waals surface area (Å²) in [5.41, 5.74) is 6.60. The first-order valence-electron chi connectivity index (χ1n) is 17.2. The SMILES string of the molecule is [2H]c1c([2H])c([2H])c2c(c1[2H])c1ccc(Oc3[c-]c4c(cc3)CCCC4n3[c](=[Pt])n(C)c4ccccc43)[c-]c1n2-c1cc(C(C)(C)C)ccn1. The van der Waals surface area contributed by atoms with Crippen molar-refractivity contribution in [3.63, 3.8) is 0 Å². The van der Waals surface area contributed by atoms with Crippen LogP contribution in [0.25, 0.3) is 38.7 Å². The molecule has 4 aromatic carbocycles. The van der Waals surface area contributed by atoms with Crippen molar-refractivity contribution in [2.45, 2.75) is 51.5 Å². The summed E-state index contributed by atoms with van der Waals surface area (Å²) in [6.45, 7) is 6.38. The second-order valence-electron chi connectivity index (χ2n) is 12.7. The Bertz CT molecular complexity index is 2540. The molecule has 8 rings (SSSR count). The second-order valence-corrected chi connectivity index (χ2v) is 13.7. The van der Waals surface area contributed by atoms with Gasteiger partial charge in [-0.2, -0.15) is 0 Å². The zero-order valence-corrected chi connectivity index (χ0v) is 27.8. The van der Waals surface area contributed by atoms with Gasteiger partial charge in [-0.05, 0) is 29.2 Å². The van der Waals surface area contributed by atoms with Crippen molar-refractivity contribution in [2.24, 2.45) is 7.05 Å². The molecule has 3 aromatic heterocycles. The van der Waals surface area contributed by atoms with Crippen LogP contribution in [0.2, 0.25) is 0 Å². The number of pyridine rings is 1. The van der Waals surface area contributed by atoms with Crippen LogP contribution >= 0.6 is 0 Å². The molecule has 0 aliphatic heterocycles. The molecule has 1 aliphatic rings. The van der Waals surface area contributed by atoms with Crippen molar-refractivity contribution in [3.8, 4) is 17.3 Å². The number of hydrogen-bond donors (Lipinski definition) is 0. The van der Waals surface area contributed by atoms with Gasteiger partial charge in [0, 0.05) is 6.20 Å². The van der Waals surface area contributed by atoms with Gasteiger partial charge >= 0.3 is 196 Å². The number of nitrogens with zero attached hydrogens (tertiary/aromatic N) is 4. The van der Waals surface area contributed by atoms with Crippen LogP contribution in [0.4, 0.5) is 0 Å². The minimum absolute atomic E-state index is 0.0940. The molecule has 45 heavy (non-hydrogen) atoms. The van der Waals surface area contributed by atoms with Crippen LogP contribution in [-0.2, 0) is 38.2 Å². The van der Waals surface area contributed by atoms with Crippen molar-refractivity contribution >= 4 is 32.8 Å². The van der Waals surface area contributed by atoms with E-state index >= 15 is 0 Å². The third-order valence-electron chi connectivity index (χ3n) is 8.89. The molecule has 0 spiro atoms. The van der Waals surface area contributed by atoms with Gasteiger partial charge in [0.15, 0.2) is 0 Å². The van der Waals surface area contributed by atoms with E-state index in [0.717, 1.165) is 34.2 Å². The van der Waals surface area contributed by atoms with E-state index in [2.05, 4.69) is 104 Å². The normalized spacial score (nSPS) is 16.4. The number of rotatable bonds is 4. The Morgan fingerprint density at radius 2 is 1.71 bits per heavy atom. The molecule has 1 aliphatic carbocycles. The van der Waals surface area contributed by atoms with Crippen molar-refractivity contribution in [1.82, 2.24) is 18.7 Å². The third kappa shape index (κ3) is 4.71. The van der Waals surface area contributed by atoms with Gasteiger partial charge in [0.05, 0.1) is 5.48 Å². The second kappa shape index (κ2) is 10.7. The number of aryl methyl sites for hydroxylation is 2. The van der Waals surface area contributed by atoms with E-state index in [9.17, 15) is 0 Å². The Morgan fingerprint density at radius 1 is 0.933 bits per heavy atom. The molecule has 7 aromatic rings. The fourth-order valence-corrected chi connectivity index (χ4v) is 7.51. The molecule has 0 fully saturated rings. The van der Waals surface area contributed by atoms with Crippen molar-refractivity contribution < 1.29 is 29.6 Å². The molecule has 0 N–H and O–H groups in total. The van der Waals surface area contributed by atoms with Gasteiger partial charge in [0.1, 0.15) is 0 Å². The van der Waals surface area contributed by atoms with Crippen molar-refractivity contribution in [1.29, 1.82) is 0 Å². The van der Waals surface area contributed by atoms with Gasteiger partial charge < -0.3 is 0 Å². The monoisotopic (exact) mass is 773 g/mol. The van der Waals surface area contributed by atoms with Crippen LogP contribution in [0.15, 0.2) is 91.0 Å². The summed E-state index contributed by atoms with van der Waals surface area (Å²) in [7, 11) is 2.11. The van der Waals surface area contributed by atoms with Crippen LogP contribution in [0.3, 0.4) is 0 Å². The Balaban J connectivity index is 1.28. The van der Waals surface area contributed by atoms with E-state index in [4.69, 9.17) is 10.2 Å². The Hall–Kier alpha value is -4.21. The molecular weight excluding hydrogens is 736 g/mol. The van der Waals surface area contributed by atoms with Crippen LogP contribution < -0.4 is 4.74 Å². The minimum atomic E-state index is -0.290. The maximum atomic E-state index is 8.91. The zero-order valence-electron chi connectivity index (χ0n) is 29.6. The number of hydrogen-bond acceptors (Lipinski definition) is 2. The van der Waals surface area contributed by atoms with Gasteiger partial charge in [0.2, 0.25) is 0 Å². The van der Waals surface area contributed by atoms with E-state index in [1.54, 1.807) is 16.8 Å². The predicted octanol–water partition coefficient (Wildman–Crippen LogP) is 9.17. The molecule has 0 saturated carbocycles. The number of fused-ring (bicyclic) bond motifs is 5. The minimum Gasteiger partial charge on any atom is -0.239 e. The van der Waals surface area contributed by atoms with E-state index in [1.807, 2.05) is 24.3 Å². The first kappa shape index (κ1) is 24.1. The fourth-order valence-electron chi connectivity index (χ4n) is 6.60. The molecule has 0 bridgehead atoms. The van der Waals surface area contributed by atoms with Crippen LogP contribution in [0.5, 0.6) is 11.5 Å². The standard InChI is InChI=1S/C39H34N4O.Pt/c1-39(2,3)27-20-21-40-38(22-27)43-34-12-6-5-11-30(34)31-19-18-29(24-37(31)43)44-28-17-16-26-10-9-15-33(32(26)23-28)42-25-41(4)35-13-7-8-14-36(35)42;/h5-8,11-14,16-22,33H,9-10,15H2,1-4H3;/q-2;/i5D,6D,11D,12D;. The van der Waals surface area contributed by atoms with E-state index < -0.39 is 0 Å². The Kier molecular flexibility index (Phi) is 5.73. The van der Waals surface area contributed by atoms with E-state index in [1.165, 1.54) is 16.6 Å². The number of ether oxygens (including phenoxy) is 1. The number of aromatic nitrogens is 4. The van der Waals surface area contributed by atoms with Crippen LogP contribution in [-0.4, -0.2) is 18.7 Å². The first-order chi connectivity index (χ1) is 23.4. The number of imidazole rings is 1. The molecule has 0 radical (unpaired) electrons. The molecule has 228 valence electrons. The summed E-state index contributed by atoms with van der Waals surface area (Å²) < 4.78 is 48.7. The molecule has 0 amide bonds. The summed E-state index contributed by atoms with van der Waals surface area (Å²) in [6.07, 6.45) is 4.83. The summed E-state index contributed by atoms with van der Waals surface area (Å²) >= 11 is 2.42. The summed E-state index contributed by atoms with van der Waals surface area (Å²) in [5, 5.41) is 1.07. The average molecular weight is 774 g/mol. The summed E-state index contributed by atoms with van der Waals surface area (Å²) in [4.78, 5) is 4.69. The van der Waals surface area contributed by atoms with Crippen molar-refractivity contribution in [3.05, 3.63) is 124 Å². The third-order valence-corrected chi connectivity index (χ3v) is 10.2.